The molecule has 6 nitrogen and oxygen atoms in total. The molecule has 2 heterocycles. The summed E-state index contributed by atoms with van der Waals surface area (Å²) in [5, 5.41) is 6.07. The standard InChI is InChI=1S/C11H21N3O3S/c15-11(8-14-5-3-12-4-6-14)13-10-2-1-7-18(16,17)9-10/h10,12H,1-9H2,(H,13,15). The molecule has 2 N–H and O–H groups in total. The molecule has 7 heteroatoms. The van der Waals surface area contributed by atoms with Gasteiger partial charge in [0.05, 0.1) is 18.1 Å². The van der Waals surface area contributed by atoms with E-state index in [1.807, 2.05) is 0 Å². The second kappa shape index (κ2) is 5.99. The van der Waals surface area contributed by atoms with E-state index < -0.39 is 9.84 Å². The Morgan fingerprint density at radius 3 is 2.72 bits per heavy atom. The van der Waals surface area contributed by atoms with Crippen LogP contribution in [0, 0.1) is 0 Å². The van der Waals surface area contributed by atoms with Crippen LogP contribution in [0.15, 0.2) is 0 Å². The Balaban J connectivity index is 1.76. The molecule has 0 radical (unpaired) electrons. The molecule has 2 saturated heterocycles. The SMILES string of the molecule is O=C(CN1CCNCC1)NC1CCCS(=O)(=O)C1. The molecule has 0 spiro atoms. The quantitative estimate of drug-likeness (QED) is 0.661. The number of piperazine rings is 1. The fourth-order valence-corrected chi connectivity index (χ4v) is 4.12. The molecule has 2 rings (SSSR count). The first-order valence-electron chi connectivity index (χ1n) is 6.48. The molecule has 1 unspecified atom stereocenters. The maximum atomic E-state index is 11.8. The summed E-state index contributed by atoms with van der Waals surface area (Å²) >= 11 is 0. The molecule has 0 aromatic carbocycles. The van der Waals surface area contributed by atoms with Crippen LogP contribution in [0.2, 0.25) is 0 Å². The Kier molecular flexibility index (Phi) is 4.58. The van der Waals surface area contributed by atoms with Crippen molar-refractivity contribution in [2.24, 2.45) is 0 Å². The molecule has 104 valence electrons. The molecule has 18 heavy (non-hydrogen) atoms. The third-order valence-electron chi connectivity index (χ3n) is 3.40. The van der Waals surface area contributed by atoms with Crippen LogP contribution >= 0.6 is 0 Å². The van der Waals surface area contributed by atoms with Crippen LogP contribution in [0.4, 0.5) is 0 Å². The molecule has 0 aromatic heterocycles. The second-order valence-electron chi connectivity index (χ2n) is 5.05. The summed E-state index contributed by atoms with van der Waals surface area (Å²) in [5.74, 6) is 0.302. The summed E-state index contributed by atoms with van der Waals surface area (Å²) < 4.78 is 22.9. The Labute approximate surface area is 108 Å². The Hall–Kier alpha value is -0.660. The van der Waals surface area contributed by atoms with Gasteiger partial charge in [-0.25, -0.2) is 8.42 Å². The molecule has 0 bridgehead atoms. The minimum atomic E-state index is -2.95. The largest absolute Gasteiger partial charge is 0.351 e. The van der Waals surface area contributed by atoms with Gasteiger partial charge in [0.2, 0.25) is 5.91 Å². The van der Waals surface area contributed by atoms with E-state index in [4.69, 9.17) is 0 Å². The molecule has 2 aliphatic heterocycles. The molecule has 1 amide bonds. The van der Waals surface area contributed by atoms with Gasteiger partial charge >= 0.3 is 0 Å². The fraction of sp³-hybridized carbons (Fsp3) is 0.909. The topological polar surface area (TPSA) is 78.5 Å². The normalized spacial score (nSPS) is 28.8. The molecular weight excluding hydrogens is 254 g/mol. The number of hydrogen-bond donors (Lipinski definition) is 2. The molecule has 1 atom stereocenters. The van der Waals surface area contributed by atoms with Crippen molar-refractivity contribution >= 4 is 15.7 Å². The molecule has 0 saturated carbocycles. The van der Waals surface area contributed by atoms with Gasteiger partial charge in [0.25, 0.3) is 0 Å². The van der Waals surface area contributed by atoms with Crippen molar-refractivity contribution < 1.29 is 13.2 Å². The van der Waals surface area contributed by atoms with Crippen molar-refractivity contribution in [2.75, 3.05) is 44.2 Å². The van der Waals surface area contributed by atoms with Crippen molar-refractivity contribution in [3.8, 4) is 0 Å². The summed E-state index contributed by atoms with van der Waals surface area (Å²) in [6.45, 7) is 3.93. The van der Waals surface area contributed by atoms with Gasteiger partial charge in [0, 0.05) is 32.2 Å². The van der Waals surface area contributed by atoms with Gasteiger partial charge in [-0.05, 0) is 12.8 Å². The van der Waals surface area contributed by atoms with Crippen molar-refractivity contribution in [3.63, 3.8) is 0 Å². The molecule has 2 fully saturated rings. The lowest BCUT2D eigenvalue weighted by atomic mass is 10.2. The third kappa shape index (κ3) is 4.22. The number of nitrogens with one attached hydrogen (secondary N) is 2. The third-order valence-corrected chi connectivity index (χ3v) is 5.23. The highest BCUT2D eigenvalue weighted by Crippen LogP contribution is 2.11. The number of nitrogens with zero attached hydrogens (tertiary/aromatic N) is 1. The average molecular weight is 275 g/mol. The maximum absolute atomic E-state index is 11.8. The van der Waals surface area contributed by atoms with Crippen molar-refractivity contribution in [1.82, 2.24) is 15.5 Å². The predicted octanol–water partition coefficient (Wildman–Crippen LogP) is -1.41. The van der Waals surface area contributed by atoms with Crippen LogP contribution in [0.5, 0.6) is 0 Å². The summed E-state index contributed by atoms with van der Waals surface area (Å²) in [4.78, 5) is 13.9. The first-order chi connectivity index (χ1) is 8.55. The Morgan fingerprint density at radius 2 is 2.06 bits per heavy atom. The Morgan fingerprint density at radius 1 is 1.33 bits per heavy atom. The van der Waals surface area contributed by atoms with Gasteiger partial charge in [-0.15, -0.1) is 0 Å². The van der Waals surface area contributed by atoms with Crippen LogP contribution in [0.3, 0.4) is 0 Å². The lowest BCUT2D eigenvalue weighted by Crippen LogP contribution is -2.50. The van der Waals surface area contributed by atoms with Crippen molar-refractivity contribution in [1.29, 1.82) is 0 Å². The van der Waals surface area contributed by atoms with Crippen LogP contribution < -0.4 is 10.6 Å². The lowest BCUT2D eigenvalue weighted by molar-refractivity contribution is -0.123. The Bertz CT molecular complexity index is 390. The van der Waals surface area contributed by atoms with E-state index in [0.29, 0.717) is 13.0 Å². The van der Waals surface area contributed by atoms with Crippen molar-refractivity contribution in [3.05, 3.63) is 0 Å². The van der Waals surface area contributed by atoms with Gasteiger partial charge in [0.15, 0.2) is 9.84 Å². The minimum absolute atomic E-state index is 0.0565. The van der Waals surface area contributed by atoms with E-state index in [9.17, 15) is 13.2 Å². The number of hydrogen-bond acceptors (Lipinski definition) is 5. The van der Waals surface area contributed by atoms with E-state index in [2.05, 4.69) is 15.5 Å². The van der Waals surface area contributed by atoms with Crippen LogP contribution in [-0.4, -0.2) is 69.5 Å². The smallest absolute Gasteiger partial charge is 0.234 e. The van der Waals surface area contributed by atoms with E-state index in [1.165, 1.54) is 0 Å². The zero-order valence-electron chi connectivity index (χ0n) is 10.5. The van der Waals surface area contributed by atoms with E-state index >= 15 is 0 Å². The zero-order chi connectivity index (χ0) is 13.0. The van der Waals surface area contributed by atoms with Crippen LogP contribution in [0.1, 0.15) is 12.8 Å². The number of amides is 1. The lowest BCUT2D eigenvalue weighted by Gasteiger charge is -2.28. The van der Waals surface area contributed by atoms with Crippen LogP contribution in [-0.2, 0) is 14.6 Å². The van der Waals surface area contributed by atoms with Crippen LogP contribution in [0.25, 0.3) is 0 Å². The summed E-state index contributed by atoms with van der Waals surface area (Å²) in [5.41, 5.74) is 0. The maximum Gasteiger partial charge on any atom is 0.234 e. The van der Waals surface area contributed by atoms with Gasteiger partial charge in [0.1, 0.15) is 0 Å². The predicted molar refractivity (Wildman–Crippen MR) is 69.1 cm³/mol. The van der Waals surface area contributed by atoms with Gasteiger partial charge in [-0.2, -0.15) is 0 Å². The monoisotopic (exact) mass is 275 g/mol. The molecule has 0 aliphatic carbocycles. The number of rotatable bonds is 3. The van der Waals surface area contributed by atoms with Gasteiger partial charge in [-0.3, -0.25) is 9.69 Å². The molecule has 2 aliphatic rings. The minimum Gasteiger partial charge on any atom is -0.351 e. The summed E-state index contributed by atoms with van der Waals surface area (Å²) in [7, 11) is -2.95. The zero-order valence-corrected chi connectivity index (χ0v) is 11.3. The first-order valence-corrected chi connectivity index (χ1v) is 8.30. The average Bonchev–Trinajstić information content (AvgIpc) is 2.28. The number of sulfone groups is 1. The first kappa shape index (κ1) is 13.8. The molecule has 0 aromatic rings. The summed E-state index contributed by atoms with van der Waals surface area (Å²) in [6.07, 6.45) is 1.42. The number of carbonyl (C=O) groups excluding carboxylic acids is 1. The van der Waals surface area contributed by atoms with E-state index in [0.717, 1.165) is 32.6 Å². The van der Waals surface area contributed by atoms with Crippen molar-refractivity contribution in [2.45, 2.75) is 18.9 Å². The highest BCUT2D eigenvalue weighted by molar-refractivity contribution is 7.91. The second-order valence-corrected chi connectivity index (χ2v) is 7.28. The summed E-state index contributed by atoms with van der Waals surface area (Å²) in [6, 6.07) is -0.195. The van der Waals surface area contributed by atoms with Gasteiger partial charge in [-0.1, -0.05) is 0 Å². The number of carbonyl (C=O) groups is 1. The van der Waals surface area contributed by atoms with E-state index in [-0.39, 0.29) is 23.5 Å². The molecular formula is C11H21N3O3S. The fourth-order valence-electron chi connectivity index (χ4n) is 2.48. The highest BCUT2D eigenvalue weighted by atomic mass is 32.2. The van der Waals surface area contributed by atoms with Gasteiger partial charge < -0.3 is 10.6 Å². The highest BCUT2D eigenvalue weighted by Gasteiger charge is 2.26. The van der Waals surface area contributed by atoms with E-state index in [1.54, 1.807) is 0 Å².